The van der Waals surface area contributed by atoms with Crippen LogP contribution in [0.4, 0.5) is 0 Å². The van der Waals surface area contributed by atoms with Crippen LogP contribution in [0.1, 0.15) is 112 Å². The maximum absolute atomic E-state index is 11.5. The number of aryl methyl sites for hydroxylation is 2. The topological polar surface area (TPSA) is 20.2 Å². The highest BCUT2D eigenvalue weighted by molar-refractivity contribution is 5.56. The second-order valence-corrected chi connectivity index (χ2v) is 11.8. The van der Waals surface area contributed by atoms with Crippen molar-refractivity contribution in [2.75, 3.05) is 0 Å². The summed E-state index contributed by atoms with van der Waals surface area (Å²) in [5.74, 6) is 0.564. The second kappa shape index (κ2) is 7.74. The van der Waals surface area contributed by atoms with E-state index in [-0.39, 0.29) is 10.8 Å². The first-order valence-electron chi connectivity index (χ1n) is 12.1. The van der Waals surface area contributed by atoms with Gasteiger partial charge in [-0.05, 0) is 101 Å². The molecule has 0 heterocycles. The van der Waals surface area contributed by atoms with Gasteiger partial charge in [-0.15, -0.1) is 0 Å². The van der Waals surface area contributed by atoms with Crippen LogP contribution in [0, 0.1) is 0 Å². The Labute approximate surface area is 183 Å². The molecule has 0 aromatic heterocycles. The number of benzene rings is 2. The summed E-state index contributed by atoms with van der Waals surface area (Å²) >= 11 is 0. The van der Waals surface area contributed by atoms with Gasteiger partial charge in [-0.25, -0.2) is 0 Å². The van der Waals surface area contributed by atoms with Gasteiger partial charge < -0.3 is 5.11 Å². The van der Waals surface area contributed by atoms with E-state index in [0.29, 0.717) is 5.75 Å². The van der Waals surface area contributed by atoms with E-state index in [1.807, 2.05) is 0 Å². The van der Waals surface area contributed by atoms with Crippen molar-refractivity contribution < 1.29 is 5.11 Å². The average molecular weight is 405 g/mol. The number of hydrogen-bond acceptors (Lipinski definition) is 1. The number of hydrogen-bond donors (Lipinski definition) is 1. The van der Waals surface area contributed by atoms with E-state index in [4.69, 9.17) is 0 Å². The zero-order valence-corrected chi connectivity index (χ0v) is 20.0. The molecular formula is C29H40O. The van der Waals surface area contributed by atoms with E-state index >= 15 is 0 Å². The lowest BCUT2D eigenvalue weighted by Crippen LogP contribution is -2.18. The Morgan fingerprint density at radius 2 is 1.27 bits per heavy atom. The quantitative estimate of drug-likeness (QED) is 0.555. The van der Waals surface area contributed by atoms with E-state index in [9.17, 15) is 5.11 Å². The van der Waals surface area contributed by atoms with E-state index in [0.717, 1.165) is 24.8 Å². The van der Waals surface area contributed by atoms with Crippen molar-refractivity contribution in [1.82, 2.24) is 0 Å². The minimum absolute atomic E-state index is 0.0437. The van der Waals surface area contributed by atoms with E-state index in [1.54, 1.807) is 11.1 Å². The van der Waals surface area contributed by atoms with Crippen molar-refractivity contribution in [1.29, 1.82) is 0 Å². The van der Waals surface area contributed by atoms with Gasteiger partial charge in [-0.1, -0.05) is 59.7 Å². The molecule has 0 bridgehead atoms. The third kappa shape index (κ3) is 4.05. The van der Waals surface area contributed by atoms with Crippen LogP contribution >= 0.6 is 0 Å². The lowest BCUT2D eigenvalue weighted by molar-refractivity contribution is 0.438. The molecule has 4 rings (SSSR count). The zero-order chi connectivity index (χ0) is 21.7. The minimum Gasteiger partial charge on any atom is -0.507 e. The molecule has 0 saturated heterocycles. The monoisotopic (exact) mass is 404 g/mol. The molecule has 1 heteroatoms. The van der Waals surface area contributed by atoms with Crippen LogP contribution in [-0.4, -0.2) is 5.11 Å². The van der Waals surface area contributed by atoms with Gasteiger partial charge in [0.05, 0.1) is 0 Å². The molecule has 162 valence electrons. The summed E-state index contributed by atoms with van der Waals surface area (Å²) in [6, 6.07) is 7.25. The molecule has 0 unspecified atom stereocenters. The fraction of sp³-hybridized carbons (Fsp3) is 0.586. The van der Waals surface area contributed by atoms with Gasteiger partial charge in [0.2, 0.25) is 0 Å². The molecule has 2 aliphatic carbocycles. The molecule has 0 atom stereocenters. The Hall–Kier alpha value is -1.76. The van der Waals surface area contributed by atoms with Gasteiger partial charge in [-0.2, -0.15) is 0 Å². The molecule has 1 N–H and O–H groups in total. The molecule has 2 aliphatic rings. The van der Waals surface area contributed by atoms with Crippen molar-refractivity contribution in [2.24, 2.45) is 0 Å². The highest BCUT2D eigenvalue weighted by Gasteiger charge is 2.27. The lowest BCUT2D eigenvalue weighted by atomic mass is 9.75. The molecule has 30 heavy (non-hydrogen) atoms. The van der Waals surface area contributed by atoms with E-state index in [1.165, 1.54) is 66.3 Å². The standard InChI is InChI=1S/C29H40O/c1-28(2,3)22-15-19-11-7-9-13-23(19)21(16-22)17-25-24-14-10-8-12-20(24)18-26(27(25)30)29(4,5)6/h15-16,18,30H,7-14,17H2,1-6H3. The molecule has 0 fully saturated rings. The fourth-order valence-electron chi connectivity index (χ4n) is 5.48. The zero-order valence-electron chi connectivity index (χ0n) is 20.0. The maximum atomic E-state index is 11.5. The van der Waals surface area contributed by atoms with Crippen molar-refractivity contribution in [3.63, 3.8) is 0 Å². The molecule has 0 spiro atoms. The SMILES string of the molecule is CC(C)(C)c1cc2c(c(Cc3c(O)c(C(C)(C)C)cc4c3CCCC4)c1)CCCC2. The first-order chi connectivity index (χ1) is 14.1. The number of rotatable bonds is 2. The Morgan fingerprint density at radius 3 is 1.87 bits per heavy atom. The van der Waals surface area contributed by atoms with Gasteiger partial charge in [0.25, 0.3) is 0 Å². The van der Waals surface area contributed by atoms with Crippen LogP contribution in [0.5, 0.6) is 5.75 Å². The summed E-state index contributed by atoms with van der Waals surface area (Å²) in [6.07, 6.45) is 10.7. The first kappa shape index (κ1) is 21.5. The normalized spacial score (nSPS) is 16.9. The third-order valence-electron chi connectivity index (χ3n) is 7.33. The lowest BCUT2D eigenvalue weighted by Gasteiger charge is -2.30. The average Bonchev–Trinajstić information content (AvgIpc) is 2.68. The summed E-state index contributed by atoms with van der Waals surface area (Å²) in [5, 5.41) is 11.5. The van der Waals surface area contributed by atoms with Crippen molar-refractivity contribution in [3.05, 3.63) is 62.7 Å². The maximum Gasteiger partial charge on any atom is 0.123 e. The Bertz CT molecular complexity index is 950. The molecule has 0 aliphatic heterocycles. The van der Waals surface area contributed by atoms with Crippen LogP contribution < -0.4 is 0 Å². The van der Waals surface area contributed by atoms with Crippen molar-refractivity contribution >= 4 is 0 Å². The Balaban J connectivity index is 1.89. The number of aromatic hydroxyl groups is 1. The molecule has 0 radical (unpaired) electrons. The smallest absolute Gasteiger partial charge is 0.123 e. The number of phenols is 1. The van der Waals surface area contributed by atoms with Gasteiger partial charge in [0, 0.05) is 12.0 Å². The minimum atomic E-state index is -0.0437. The largest absolute Gasteiger partial charge is 0.507 e. The van der Waals surface area contributed by atoms with Gasteiger partial charge >= 0.3 is 0 Å². The summed E-state index contributed by atoms with van der Waals surface area (Å²) in [5.41, 5.74) is 11.4. The highest BCUT2D eigenvalue weighted by Crippen LogP contribution is 2.42. The summed E-state index contributed by atoms with van der Waals surface area (Å²) in [4.78, 5) is 0. The van der Waals surface area contributed by atoms with Crippen LogP contribution in [0.15, 0.2) is 18.2 Å². The molecule has 0 saturated carbocycles. The summed E-state index contributed by atoms with van der Waals surface area (Å²) < 4.78 is 0. The van der Waals surface area contributed by atoms with Crippen molar-refractivity contribution in [2.45, 2.75) is 110 Å². The molecule has 0 amide bonds. The van der Waals surface area contributed by atoms with Crippen LogP contribution in [0.3, 0.4) is 0 Å². The predicted octanol–water partition coefficient (Wildman–Crippen LogP) is 7.34. The molecule has 1 nitrogen and oxygen atoms in total. The molecular weight excluding hydrogens is 364 g/mol. The van der Waals surface area contributed by atoms with Crippen LogP contribution in [-0.2, 0) is 42.9 Å². The Kier molecular flexibility index (Phi) is 5.54. The summed E-state index contributed by atoms with van der Waals surface area (Å²) in [7, 11) is 0. The molecule has 2 aromatic rings. The van der Waals surface area contributed by atoms with Crippen molar-refractivity contribution in [3.8, 4) is 5.75 Å². The number of fused-ring (bicyclic) bond motifs is 2. The number of phenolic OH excluding ortho intramolecular Hbond substituents is 1. The predicted molar refractivity (Wildman–Crippen MR) is 128 cm³/mol. The third-order valence-corrected chi connectivity index (χ3v) is 7.33. The van der Waals surface area contributed by atoms with Crippen LogP contribution in [0.2, 0.25) is 0 Å². The van der Waals surface area contributed by atoms with Gasteiger partial charge in [0.15, 0.2) is 0 Å². The summed E-state index contributed by atoms with van der Waals surface area (Å²) in [6.45, 7) is 13.6. The molecule has 2 aromatic carbocycles. The fourth-order valence-corrected chi connectivity index (χ4v) is 5.48. The second-order valence-electron chi connectivity index (χ2n) is 11.8. The van der Waals surface area contributed by atoms with Gasteiger partial charge in [-0.3, -0.25) is 0 Å². The van der Waals surface area contributed by atoms with Gasteiger partial charge in [0.1, 0.15) is 5.75 Å². The first-order valence-corrected chi connectivity index (χ1v) is 12.1. The van der Waals surface area contributed by atoms with E-state index < -0.39 is 0 Å². The Morgan fingerprint density at radius 1 is 0.700 bits per heavy atom. The highest BCUT2D eigenvalue weighted by atomic mass is 16.3. The van der Waals surface area contributed by atoms with Crippen LogP contribution in [0.25, 0.3) is 0 Å². The van der Waals surface area contributed by atoms with E-state index in [2.05, 4.69) is 59.7 Å².